The topological polar surface area (TPSA) is 21.3 Å². The Morgan fingerprint density at radius 3 is 2.47 bits per heavy atom. The van der Waals surface area contributed by atoms with Crippen LogP contribution >= 0.6 is 0 Å². The van der Waals surface area contributed by atoms with Gasteiger partial charge in [-0.2, -0.15) is 0 Å². The van der Waals surface area contributed by atoms with Crippen molar-refractivity contribution >= 4 is 0 Å². The highest BCUT2D eigenvalue weighted by molar-refractivity contribution is 4.91. The summed E-state index contributed by atoms with van der Waals surface area (Å²) < 4.78 is 5.71. The molecule has 0 aliphatic heterocycles. The number of ether oxygens (including phenoxy) is 1. The van der Waals surface area contributed by atoms with Gasteiger partial charge in [0.15, 0.2) is 0 Å². The molecule has 0 aromatic carbocycles. The monoisotopic (exact) mass is 213 g/mol. The molecule has 90 valence electrons. The van der Waals surface area contributed by atoms with Gasteiger partial charge in [-0.3, -0.25) is 0 Å². The number of nitrogens with one attached hydrogen (secondary N) is 1. The highest BCUT2D eigenvalue weighted by atomic mass is 16.5. The van der Waals surface area contributed by atoms with Gasteiger partial charge in [0.25, 0.3) is 0 Å². The van der Waals surface area contributed by atoms with Crippen LogP contribution in [-0.4, -0.2) is 25.8 Å². The molecule has 1 N–H and O–H groups in total. The molecule has 1 saturated carbocycles. The van der Waals surface area contributed by atoms with Crippen molar-refractivity contribution in [1.29, 1.82) is 0 Å². The zero-order valence-electron chi connectivity index (χ0n) is 10.6. The van der Waals surface area contributed by atoms with Crippen molar-refractivity contribution < 1.29 is 4.74 Å². The van der Waals surface area contributed by atoms with Gasteiger partial charge in [-0.1, -0.05) is 33.6 Å². The summed E-state index contributed by atoms with van der Waals surface area (Å²) >= 11 is 0. The Morgan fingerprint density at radius 1 is 1.27 bits per heavy atom. The van der Waals surface area contributed by atoms with Crippen molar-refractivity contribution in [1.82, 2.24) is 5.32 Å². The molecule has 0 aromatic heterocycles. The molecule has 15 heavy (non-hydrogen) atoms. The van der Waals surface area contributed by atoms with E-state index < -0.39 is 0 Å². The lowest BCUT2D eigenvalue weighted by molar-refractivity contribution is 0.0661. The highest BCUT2D eigenvalue weighted by Crippen LogP contribution is 2.40. The molecule has 2 nitrogen and oxygen atoms in total. The molecule has 0 spiro atoms. The van der Waals surface area contributed by atoms with Crippen molar-refractivity contribution in [2.45, 2.75) is 58.9 Å². The second-order valence-electron chi connectivity index (χ2n) is 5.05. The smallest absolute Gasteiger partial charge is 0.0624 e. The zero-order chi connectivity index (χ0) is 11.1. The van der Waals surface area contributed by atoms with Gasteiger partial charge >= 0.3 is 0 Å². The third kappa shape index (κ3) is 3.76. The normalized spacial score (nSPS) is 21.8. The molecular weight excluding hydrogens is 186 g/mol. The molecule has 1 atom stereocenters. The average molecular weight is 213 g/mol. The molecule has 0 amide bonds. The maximum atomic E-state index is 5.71. The first-order chi connectivity index (χ1) is 7.23. The van der Waals surface area contributed by atoms with Crippen LogP contribution in [0.1, 0.15) is 52.9 Å². The van der Waals surface area contributed by atoms with Gasteiger partial charge in [0.05, 0.1) is 6.61 Å². The molecule has 1 unspecified atom stereocenters. The predicted molar refractivity (Wildman–Crippen MR) is 65.1 cm³/mol. The van der Waals surface area contributed by atoms with Gasteiger partial charge in [-0.15, -0.1) is 0 Å². The van der Waals surface area contributed by atoms with Crippen LogP contribution < -0.4 is 5.32 Å². The third-order valence-corrected chi connectivity index (χ3v) is 3.67. The highest BCUT2D eigenvalue weighted by Gasteiger charge is 2.36. The summed E-state index contributed by atoms with van der Waals surface area (Å²) in [5.41, 5.74) is 0.476. The molecule has 2 heteroatoms. The molecule has 1 fully saturated rings. The Morgan fingerprint density at radius 2 is 1.93 bits per heavy atom. The molecule has 1 aliphatic rings. The lowest BCUT2D eigenvalue weighted by Gasteiger charge is -2.34. The maximum Gasteiger partial charge on any atom is 0.0624 e. The van der Waals surface area contributed by atoms with E-state index in [9.17, 15) is 0 Å². The van der Waals surface area contributed by atoms with Gasteiger partial charge in [0.2, 0.25) is 0 Å². The molecule has 0 heterocycles. The van der Waals surface area contributed by atoms with Crippen LogP contribution in [0.3, 0.4) is 0 Å². The van der Waals surface area contributed by atoms with Crippen molar-refractivity contribution in [3.8, 4) is 0 Å². The Kier molecular flexibility index (Phi) is 5.62. The van der Waals surface area contributed by atoms with Gasteiger partial charge in [0, 0.05) is 12.6 Å². The van der Waals surface area contributed by atoms with Crippen LogP contribution in [0, 0.1) is 5.41 Å². The van der Waals surface area contributed by atoms with E-state index >= 15 is 0 Å². The summed E-state index contributed by atoms with van der Waals surface area (Å²) in [4.78, 5) is 0. The van der Waals surface area contributed by atoms with Crippen LogP contribution in [-0.2, 0) is 4.74 Å². The molecule has 0 bridgehead atoms. The van der Waals surface area contributed by atoms with E-state index in [1.807, 2.05) is 0 Å². The van der Waals surface area contributed by atoms with E-state index in [1.165, 1.54) is 25.7 Å². The van der Waals surface area contributed by atoms with E-state index in [4.69, 9.17) is 4.74 Å². The minimum atomic E-state index is 0.476. The first-order valence-corrected chi connectivity index (χ1v) is 6.54. The standard InChI is InChI=1S/C13H27NO/c1-4-10-15-11-12(14-5-2)13(3)8-6-7-9-13/h12,14H,4-11H2,1-3H3. The first-order valence-electron chi connectivity index (χ1n) is 6.54. The molecule has 1 aliphatic carbocycles. The molecule has 0 radical (unpaired) electrons. The van der Waals surface area contributed by atoms with E-state index in [1.54, 1.807) is 0 Å². The van der Waals surface area contributed by atoms with Crippen LogP contribution in [0.25, 0.3) is 0 Å². The lowest BCUT2D eigenvalue weighted by Crippen LogP contribution is -2.45. The van der Waals surface area contributed by atoms with Gasteiger partial charge in [0.1, 0.15) is 0 Å². The largest absolute Gasteiger partial charge is 0.380 e. The van der Waals surface area contributed by atoms with Gasteiger partial charge in [-0.25, -0.2) is 0 Å². The van der Waals surface area contributed by atoms with E-state index in [-0.39, 0.29) is 0 Å². The predicted octanol–water partition coefficient (Wildman–Crippen LogP) is 2.97. The fourth-order valence-corrected chi connectivity index (χ4v) is 2.63. The zero-order valence-corrected chi connectivity index (χ0v) is 10.6. The number of hydrogen-bond acceptors (Lipinski definition) is 2. The Hall–Kier alpha value is -0.0800. The first kappa shape index (κ1) is 13.0. The summed E-state index contributed by atoms with van der Waals surface area (Å²) in [6, 6.07) is 0.552. The van der Waals surface area contributed by atoms with Crippen LogP contribution in [0.4, 0.5) is 0 Å². The number of likely N-dealkylation sites (N-methyl/N-ethyl adjacent to an activating group) is 1. The maximum absolute atomic E-state index is 5.71. The van der Waals surface area contributed by atoms with Crippen molar-refractivity contribution in [3.05, 3.63) is 0 Å². The van der Waals surface area contributed by atoms with Crippen molar-refractivity contribution in [2.75, 3.05) is 19.8 Å². The third-order valence-electron chi connectivity index (χ3n) is 3.67. The Labute approximate surface area is 94.8 Å². The summed E-state index contributed by atoms with van der Waals surface area (Å²) in [5.74, 6) is 0. The van der Waals surface area contributed by atoms with Crippen LogP contribution in [0.5, 0.6) is 0 Å². The van der Waals surface area contributed by atoms with Gasteiger partial charge in [-0.05, 0) is 31.2 Å². The fraction of sp³-hybridized carbons (Fsp3) is 1.00. The molecule has 1 rings (SSSR count). The minimum Gasteiger partial charge on any atom is -0.380 e. The van der Waals surface area contributed by atoms with E-state index in [0.717, 1.165) is 26.2 Å². The summed E-state index contributed by atoms with van der Waals surface area (Å²) in [6.07, 6.45) is 6.63. The van der Waals surface area contributed by atoms with Gasteiger partial charge < -0.3 is 10.1 Å². The quantitative estimate of drug-likeness (QED) is 0.656. The lowest BCUT2D eigenvalue weighted by atomic mass is 9.81. The Bertz CT molecular complexity index is 164. The average Bonchev–Trinajstić information content (AvgIpc) is 2.65. The summed E-state index contributed by atoms with van der Waals surface area (Å²) in [5, 5.41) is 3.60. The summed E-state index contributed by atoms with van der Waals surface area (Å²) in [6.45, 7) is 9.61. The molecule has 0 aromatic rings. The number of hydrogen-bond donors (Lipinski definition) is 1. The fourth-order valence-electron chi connectivity index (χ4n) is 2.63. The minimum absolute atomic E-state index is 0.476. The van der Waals surface area contributed by atoms with Crippen LogP contribution in [0.15, 0.2) is 0 Å². The second-order valence-corrected chi connectivity index (χ2v) is 5.05. The molecular formula is C13H27NO. The van der Waals surface area contributed by atoms with Crippen molar-refractivity contribution in [3.63, 3.8) is 0 Å². The summed E-state index contributed by atoms with van der Waals surface area (Å²) in [7, 11) is 0. The second kappa shape index (κ2) is 6.49. The number of rotatable bonds is 7. The molecule has 0 saturated heterocycles. The van der Waals surface area contributed by atoms with Crippen LogP contribution in [0.2, 0.25) is 0 Å². The van der Waals surface area contributed by atoms with E-state index in [0.29, 0.717) is 11.5 Å². The Balaban J connectivity index is 2.40. The van der Waals surface area contributed by atoms with Crippen molar-refractivity contribution in [2.24, 2.45) is 5.41 Å². The van der Waals surface area contributed by atoms with E-state index in [2.05, 4.69) is 26.1 Å². The SMILES string of the molecule is CCCOCC(NCC)C1(C)CCCC1.